The average Bonchev–Trinajstić information content (AvgIpc) is 2.75. The fourth-order valence-electron chi connectivity index (χ4n) is 3.94. The molecule has 0 fully saturated rings. The van der Waals surface area contributed by atoms with Gasteiger partial charge in [-0.1, -0.05) is 20.3 Å². The Labute approximate surface area is 164 Å². The van der Waals surface area contributed by atoms with Gasteiger partial charge in [0.15, 0.2) is 0 Å². The molecule has 3 heterocycles. The van der Waals surface area contributed by atoms with Gasteiger partial charge in [0.05, 0.1) is 10.3 Å². The Bertz CT molecular complexity index is 911. The van der Waals surface area contributed by atoms with Crippen LogP contribution in [0.25, 0.3) is 10.2 Å². The maximum absolute atomic E-state index is 13.0. The summed E-state index contributed by atoms with van der Waals surface area (Å²) in [6, 6.07) is 0. The number of hydrogen-bond donors (Lipinski definition) is 1. The van der Waals surface area contributed by atoms with Crippen LogP contribution in [0, 0.1) is 12.3 Å². The molecule has 148 valence electrons. The zero-order chi connectivity index (χ0) is 19.8. The molecule has 2 aromatic rings. The van der Waals surface area contributed by atoms with Gasteiger partial charge in [0, 0.05) is 26.1 Å². The van der Waals surface area contributed by atoms with E-state index in [1.165, 1.54) is 11.3 Å². The molecular weight excluding hydrogens is 360 g/mol. The van der Waals surface area contributed by atoms with Crippen molar-refractivity contribution in [1.82, 2.24) is 19.8 Å². The molecular formula is C20H30N4O2S. The number of fused-ring (bicyclic) bond motifs is 2. The summed E-state index contributed by atoms with van der Waals surface area (Å²) in [5.41, 5.74) is 0.742. The van der Waals surface area contributed by atoms with E-state index in [9.17, 15) is 9.59 Å². The summed E-state index contributed by atoms with van der Waals surface area (Å²) >= 11 is 1.34. The van der Waals surface area contributed by atoms with Gasteiger partial charge in [0.2, 0.25) is 0 Å². The predicted octanol–water partition coefficient (Wildman–Crippen LogP) is 2.81. The van der Waals surface area contributed by atoms with E-state index in [4.69, 9.17) is 4.98 Å². The van der Waals surface area contributed by atoms with E-state index in [0.29, 0.717) is 21.6 Å². The fraction of sp³-hybridized carbons (Fsp3) is 0.650. The zero-order valence-electron chi connectivity index (χ0n) is 17.0. The van der Waals surface area contributed by atoms with Crippen LogP contribution in [0.3, 0.4) is 0 Å². The van der Waals surface area contributed by atoms with Crippen LogP contribution in [-0.2, 0) is 13.0 Å². The maximum atomic E-state index is 13.0. The summed E-state index contributed by atoms with van der Waals surface area (Å²) in [6.07, 6.45) is 4.04. The van der Waals surface area contributed by atoms with Crippen molar-refractivity contribution < 1.29 is 4.79 Å². The highest BCUT2D eigenvalue weighted by Gasteiger charge is 2.24. The Balaban J connectivity index is 1.90. The van der Waals surface area contributed by atoms with Gasteiger partial charge in [-0.15, -0.1) is 11.3 Å². The molecule has 0 unspecified atom stereocenters. The number of nitrogens with one attached hydrogen (secondary N) is 1. The summed E-state index contributed by atoms with van der Waals surface area (Å²) in [6.45, 7) is 8.33. The molecule has 1 aliphatic heterocycles. The molecule has 0 radical (unpaired) electrons. The summed E-state index contributed by atoms with van der Waals surface area (Å²) in [5, 5.41) is 3.67. The minimum atomic E-state index is -0.109. The number of amides is 1. The highest BCUT2D eigenvalue weighted by molar-refractivity contribution is 7.20. The van der Waals surface area contributed by atoms with Crippen LogP contribution in [0.1, 0.15) is 54.2 Å². The third kappa shape index (κ3) is 4.24. The van der Waals surface area contributed by atoms with E-state index >= 15 is 0 Å². The fourth-order valence-corrected chi connectivity index (χ4v) is 5.05. The van der Waals surface area contributed by atoms with E-state index in [1.54, 1.807) is 0 Å². The zero-order valence-corrected chi connectivity index (χ0v) is 17.8. The summed E-state index contributed by atoms with van der Waals surface area (Å²) < 4.78 is 1.82. The van der Waals surface area contributed by atoms with Crippen LogP contribution in [0.2, 0.25) is 0 Å². The topological polar surface area (TPSA) is 67.2 Å². The Hall–Kier alpha value is -1.73. The summed E-state index contributed by atoms with van der Waals surface area (Å²) in [5.74, 6) is 0.757. The molecule has 0 saturated heterocycles. The SMILES string of the molecule is Cc1c(C(=O)NCC(C)(C)CN(C)C)sc2nc3n(c(=O)c12)CCCCC3. The van der Waals surface area contributed by atoms with Gasteiger partial charge in [-0.3, -0.25) is 14.2 Å². The molecule has 1 amide bonds. The van der Waals surface area contributed by atoms with E-state index in [-0.39, 0.29) is 16.9 Å². The molecule has 6 nitrogen and oxygen atoms in total. The molecule has 2 aromatic heterocycles. The second kappa shape index (κ2) is 7.72. The normalized spacial score (nSPS) is 15.0. The van der Waals surface area contributed by atoms with Gasteiger partial charge in [0.1, 0.15) is 10.7 Å². The summed E-state index contributed by atoms with van der Waals surface area (Å²) in [7, 11) is 4.06. The Morgan fingerprint density at radius 2 is 2.04 bits per heavy atom. The lowest BCUT2D eigenvalue weighted by Crippen LogP contribution is -2.39. The van der Waals surface area contributed by atoms with Crippen molar-refractivity contribution in [1.29, 1.82) is 0 Å². The molecule has 3 rings (SSSR count). The third-order valence-electron chi connectivity index (χ3n) is 5.09. The smallest absolute Gasteiger partial charge is 0.262 e. The van der Waals surface area contributed by atoms with Crippen LogP contribution in [-0.4, -0.2) is 47.5 Å². The van der Waals surface area contributed by atoms with Crippen molar-refractivity contribution >= 4 is 27.5 Å². The van der Waals surface area contributed by atoms with Crippen LogP contribution in [0.15, 0.2) is 4.79 Å². The third-order valence-corrected chi connectivity index (χ3v) is 6.27. The molecule has 1 aliphatic rings. The lowest BCUT2D eigenvalue weighted by atomic mass is 9.93. The van der Waals surface area contributed by atoms with Gasteiger partial charge in [-0.05, 0) is 44.8 Å². The molecule has 0 saturated carbocycles. The van der Waals surface area contributed by atoms with Crippen molar-refractivity contribution in [3.63, 3.8) is 0 Å². The molecule has 0 bridgehead atoms. The molecule has 0 atom stereocenters. The Morgan fingerprint density at radius 1 is 1.30 bits per heavy atom. The number of aryl methyl sites for hydroxylation is 2. The monoisotopic (exact) mass is 390 g/mol. The first-order valence-electron chi connectivity index (χ1n) is 9.65. The van der Waals surface area contributed by atoms with Crippen LogP contribution in [0.5, 0.6) is 0 Å². The number of thiophene rings is 1. The average molecular weight is 391 g/mol. The van der Waals surface area contributed by atoms with Crippen molar-refractivity contribution in [3.05, 3.63) is 26.6 Å². The number of hydrogen-bond acceptors (Lipinski definition) is 5. The standard InChI is InChI=1S/C20H30N4O2S/c1-13-15-18(22-14-9-7-6-8-10-24(14)19(15)26)27-16(13)17(25)21-11-20(2,3)12-23(4)5/h6-12H2,1-5H3,(H,21,25). The Morgan fingerprint density at radius 3 is 2.74 bits per heavy atom. The Kier molecular flexibility index (Phi) is 5.72. The van der Waals surface area contributed by atoms with Crippen molar-refractivity contribution in [3.8, 4) is 0 Å². The molecule has 0 aliphatic carbocycles. The number of carbonyl (C=O) groups is 1. The first-order valence-corrected chi connectivity index (χ1v) is 10.5. The summed E-state index contributed by atoms with van der Waals surface area (Å²) in [4.78, 5) is 34.0. The second-order valence-electron chi connectivity index (χ2n) is 8.62. The van der Waals surface area contributed by atoms with Crippen molar-refractivity contribution in [2.24, 2.45) is 5.41 Å². The lowest BCUT2D eigenvalue weighted by Gasteiger charge is -2.28. The molecule has 1 N–H and O–H groups in total. The van der Waals surface area contributed by atoms with E-state index in [0.717, 1.165) is 50.2 Å². The lowest BCUT2D eigenvalue weighted by molar-refractivity contribution is 0.0933. The molecule has 0 spiro atoms. The highest BCUT2D eigenvalue weighted by Crippen LogP contribution is 2.28. The highest BCUT2D eigenvalue weighted by atomic mass is 32.1. The van der Waals surface area contributed by atoms with E-state index < -0.39 is 0 Å². The predicted molar refractivity (Wildman–Crippen MR) is 111 cm³/mol. The second-order valence-corrected chi connectivity index (χ2v) is 9.62. The first kappa shape index (κ1) is 20.0. The van der Waals surface area contributed by atoms with Crippen LogP contribution >= 0.6 is 11.3 Å². The maximum Gasteiger partial charge on any atom is 0.262 e. The first-order chi connectivity index (χ1) is 12.7. The van der Waals surface area contributed by atoms with Crippen molar-refractivity contribution in [2.45, 2.75) is 53.0 Å². The minimum absolute atomic E-state index is 0.0117. The largest absolute Gasteiger partial charge is 0.351 e. The van der Waals surface area contributed by atoms with Gasteiger partial charge >= 0.3 is 0 Å². The number of aromatic nitrogens is 2. The number of rotatable bonds is 5. The molecule has 0 aromatic carbocycles. The van der Waals surface area contributed by atoms with Gasteiger partial charge in [-0.2, -0.15) is 0 Å². The van der Waals surface area contributed by atoms with Crippen LogP contribution < -0.4 is 10.9 Å². The number of carbonyl (C=O) groups excluding carboxylic acids is 1. The van der Waals surface area contributed by atoms with Crippen LogP contribution in [0.4, 0.5) is 0 Å². The molecule has 27 heavy (non-hydrogen) atoms. The van der Waals surface area contributed by atoms with Gasteiger partial charge in [0.25, 0.3) is 11.5 Å². The van der Waals surface area contributed by atoms with E-state index in [2.05, 4.69) is 24.1 Å². The minimum Gasteiger partial charge on any atom is -0.351 e. The number of nitrogens with zero attached hydrogens (tertiary/aromatic N) is 3. The quantitative estimate of drug-likeness (QED) is 0.852. The van der Waals surface area contributed by atoms with Gasteiger partial charge < -0.3 is 10.2 Å². The van der Waals surface area contributed by atoms with Gasteiger partial charge in [-0.25, -0.2) is 4.98 Å². The van der Waals surface area contributed by atoms with E-state index in [1.807, 2.05) is 25.6 Å². The molecule has 7 heteroatoms. The van der Waals surface area contributed by atoms with Crippen molar-refractivity contribution in [2.75, 3.05) is 27.2 Å².